The second-order valence-corrected chi connectivity index (χ2v) is 4.30. The van der Waals surface area contributed by atoms with Crippen molar-refractivity contribution < 1.29 is 5.11 Å². The van der Waals surface area contributed by atoms with Crippen molar-refractivity contribution in [2.45, 2.75) is 32.4 Å². The predicted octanol–water partition coefficient (Wildman–Crippen LogP) is -0.416. The van der Waals surface area contributed by atoms with Crippen LogP contribution >= 0.6 is 0 Å². The lowest BCUT2D eigenvalue weighted by Crippen LogP contribution is -2.41. The van der Waals surface area contributed by atoms with Gasteiger partial charge in [-0.3, -0.25) is 13.9 Å². The van der Waals surface area contributed by atoms with Crippen molar-refractivity contribution in [1.29, 1.82) is 0 Å². The summed E-state index contributed by atoms with van der Waals surface area (Å²) in [5.74, 6) is 0. The molecule has 0 aliphatic rings. The zero-order chi connectivity index (χ0) is 13.3. The van der Waals surface area contributed by atoms with E-state index in [-0.39, 0.29) is 12.1 Å². The highest BCUT2D eigenvalue weighted by atomic mass is 16.3. The number of nitrogens with zero attached hydrogens (tertiary/aromatic N) is 3. The number of aliphatic hydroxyl groups is 1. The van der Waals surface area contributed by atoms with Crippen molar-refractivity contribution in [2.24, 2.45) is 7.05 Å². The molecule has 18 heavy (non-hydrogen) atoms. The van der Waals surface area contributed by atoms with E-state index in [1.807, 2.05) is 6.92 Å². The first kappa shape index (κ1) is 12.6. The topological polar surface area (TPSA) is 92.9 Å². The van der Waals surface area contributed by atoms with E-state index in [4.69, 9.17) is 0 Å². The molecular weight excluding hydrogens is 236 g/mol. The molecule has 7 nitrogen and oxygen atoms in total. The second kappa shape index (κ2) is 4.77. The van der Waals surface area contributed by atoms with Gasteiger partial charge in [0.05, 0.1) is 19.0 Å². The number of aryl methyl sites for hydroxylation is 1. The third-order valence-electron chi connectivity index (χ3n) is 2.93. The van der Waals surface area contributed by atoms with Crippen LogP contribution in [0, 0.1) is 0 Å². The summed E-state index contributed by atoms with van der Waals surface area (Å²) in [5, 5.41) is 9.73. The third-order valence-corrected chi connectivity index (χ3v) is 2.93. The van der Waals surface area contributed by atoms with Crippen LogP contribution in [0.15, 0.2) is 15.9 Å². The van der Waals surface area contributed by atoms with Crippen molar-refractivity contribution in [3.63, 3.8) is 0 Å². The molecule has 2 aromatic heterocycles. The van der Waals surface area contributed by atoms with Crippen LogP contribution in [0.4, 0.5) is 0 Å². The fourth-order valence-electron chi connectivity index (χ4n) is 1.99. The first-order chi connectivity index (χ1) is 8.56. The maximum Gasteiger partial charge on any atom is 0.332 e. The van der Waals surface area contributed by atoms with Crippen molar-refractivity contribution in [1.82, 2.24) is 19.1 Å². The SMILES string of the molecule is CCCC(O)Cn1c(=O)c2[nH]cnc2n(C)c1=O. The van der Waals surface area contributed by atoms with Gasteiger partial charge in [0, 0.05) is 7.05 Å². The molecule has 0 spiro atoms. The summed E-state index contributed by atoms with van der Waals surface area (Å²) in [5.41, 5.74) is -0.303. The van der Waals surface area contributed by atoms with Crippen LogP contribution in [-0.4, -0.2) is 30.3 Å². The van der Waals surface area contributed by atoms with Crippen LogP contribution in [0.25, 0.3) is 11.2 Å². The monoisotopic (exact) mass is 252 g/mol. The van der Waals surface area contributed by atoms with E-state index in [1.54, 1.807) is 7.05 Å². The first-order valence-electron chi connectivity index (χ1n) is 5.87. The van der Waals surface area contributed by atoms with E-state index in [9.17, 15) is 14.7 Å². The minimum absolute atomic E-state index is 0.00824. The van der Waals surface area contributed by atoms with Gasteiger partial charge in [0.15, 0.2) is 5.65 Å². The number of fused-ring (bicyclic) bond motifs is 1. The first-order valence-corrected chi connectivity index (χ1v) is 5.87. The maximum atomic E-state index is 12.1. The quantitative estimate of drug-likeness (QED) is 0.773. The molecule has 0 aliphatic heterocycles. The van der Waals surface area contributed by atoms with Gasteiger partial charge >= 0.3 is 5.69 Å². The van der Waals surface area contributed by atoms with Crippen LogP contribution in [0.1, 0.15) is 19.8 Å². The molecule has 2 rings (SSSR count). The molecule has 0 fully saturated rings. The van der Waals surface area contributed by atoms with Crippen molar-refractivity contribution in [3.8, 4) is 0 Å². The molecule has 0 saturated heterocycles. The fourth-order valence-corrected chi connectivity index (χ4v) is 1.99. The largest absolute Gasteiger partial charge is 0.391 e. The molecule has 0 aromatic carbocycles. The van der Waals surface area contributed by atoms with Gasteiger partial charge in [0.1, 0.15) is 5.52 Å². The molecule has 2 N–H and O–H groups in total. The maximum absolute atomic E-state index is 12.1. The number of rotatable bonds is 4. The molecule has 2 aromatic rings. The number of imidazole rings is 1. The molecule has 0 amide bonds. The summed E-state index contributed by atoms with van der Waals surface area (Å²) in [6, 6.07) is 0. The average molecular weight is 252 g/mol. The van der Waals surface area contributed by atoms with Crippen molar-refractivity contribution in [2.75, 3.05) is 0 Å². The summed E-state index contributed by atoms with van der Waals surface area (Å²) in [6.45, 7) is 1.94. The molecule has 7 heteroatoms. The lowest BCUT2D eigenvalue weighted by atomic mass is 10.2. The zero-order valence-corrected chi connectivity index (χ0v) is 10.4. The van der Waals surface area contributed by atoms with E-state index in [1.165, 1.54) is 10.9 Å². The zero-order valence-electron chi connectivity index (χ0n) is 10.4. The molecule has 98 valence electrons. The minimum Gasteiger partial charge on any atom is -0.391 e. The van der Waals surface area contributed by atoms with Gasteiger partial charge in [-0.15, -0.1) is 0 Å². The highest BCUT2D eigenvalue weighted by molar-refractivity contribution is 5.68. The molecule has 0 bridgehead atoms. The minimum atomic E-state index is -0.694. The summed E-state index contributed by atoms with van der Waals surface area (Å²) >= 11 is 0. The van der Waals surface area contributed by atoms with Gasteiger partial charge in [0.2, 0.25) is 0 Å². The van der Waals surface area contributed by atoms with E-state index in [2.05, 4.69) is 9.97 Å². The summed E-state index contributed by atoms with van der Waals surface area (Å²) in [6.07, 6.45) is 2.03. The Morgan fingerprint density at radius 2 is 2.22 bits per heavy atom. The second-order valence-electron chi connectivity index (χ2n) is 4.30. The average Bonchev–Trinajstić information content (AvgIpc) is 2.81. The number of aromatic amines is 1. The summed E-state index contributed by atoms with van der Waals surface area (Å²) in [7, 11) is 1.55. The van der Waals surface area contributed by atoms with Crippen LogP contribution in [0.3, 0.4) is 0 Å². The van der Waals surface area contributed by atoms with Gasteiger partial charge in [-0.2, -0.15) is 0 Å². The van der Waals surface area contributed by atoms with E-state index >= 15 is 0 Å². The molecule has 0 aliphatic carbocycles. The van der Waals surface area contributed by atoms with Crippen LogP contribution in [0.2, 0.25) is 0 Å². The van der Waals surface area contributed by atoms with Crippen molar-refractivity contribution in [3.05, 3.63) is 27.2 Å². The Labute approximate surface area is 103 Å². The molecular formula is C11H16N4O3. The number of hydrogen-bond acceptors (Lipinski definition) is 4. The van der Waals surface area contributed by atoms with E-state index in [0.29, 0.717) is 12.1 Å². The number of nitrogens with one attached hydrogen (secondary N) is 1. The summed E-state index contributed by atoms with van der Waals surface area (Å²) in [4.78, 5) is 30.7. The third kappa shape index (κ3) is 1.97. The van der Waals surface area contributed by atoms with Crippen LogP contribution in [-0.2, 0) is 13.6 Å². The Morgan fingerprint density at radius 1 is 1.50 bits per heavy atom. The standard InChI is InChI=1S/C11H16N4O3/c1-3-4-7(16)5-15-10(17)8-9(13-6-12-8)14(2)11(15)18/h6-7,16H,3-5H2,1-2H3,(H,12,13). The smallest absolute Gasteiger partial charge is 0.332 e. The highest BCUT2D eigenvalue weighted by Crippen LogP contribution is 2.01. The Bertz CT molecular complexity index is 667. The van der Waals surface area contributed by atoms with Crippen LogP contribution in [0.5, 0.6) is 0 Å². The Morgan fingerprint density at radius 3 is 2.89 bits per heavy atom. The highest BCUT2D eigenvalue weighted by Gasteiger charge is 2.15. The van der Waals surface area contributed by atoms with Crippen LogP contribution < -0.4 is 11.2 Å². The number of H-pyrrole nitrogens is 1. The summed E-state index contributed by atoms with van der Waals surface area (Å²) < 4.78 is 2.34. The Kier molecular flexibility index (Phi) is 3.33. The Balaban J connectivity index is 2.57. The normalized spacial score (nSPS) is 13.1. The number of aromatic nitrogens is 4. The lowest BCUT2D eigenvalue weighted by molar-refractivity contribution is 0.140. The Hall–Kier alpha value is -1.89. The molecule has 0 radical (unpaired) electrons. The number of hydrogen-bond donors (Lipinski definition) is 2. The van der Waals surface area contributed by atoms with E-state index < -0.39 is 17.4 Å². The molecule has 1 unspecified atom stereocenters. The van der Waals surface area contributed by atoms with Crippen molar-refractivity contribution >= 4 is 11.2 Å². The van der Waals surface area contributed by atoms with Gasteiger partial charge in [-0.1, -0.05) is 13.3 Å². The van der Waals surface area contributed by atoms with Gasteiger partial charge in [-0.25, -0.2) is 9.78 Å². The lowest BCUT2D eigenvalue weighted by Gasteiger charge is -2.12. The van der Waals surface area contributed by atoms with Gasteiger partial charge in [0.25, 0.3) is 5.56 Å². The molecule has 2 heterocycles. The predicted molar refractivity (Wildman–Crippen MR) is 66.5 cm³/mol. The molecule has 0 saturated carbocycles. The van der Waals surface area contributed by atoms with Gasteiger partial charge < -0.3 is 10.1 Å². The fraction of sp³-hybridized carbons (Fsp3) is 0.545. The van der Waals surface area contributed by atoms with Gasteiger partial charge in [-0.05, 0) is 6.42 Å². The molecule has 1 atom stereocenters. The number of aliphatic hydroxyl groups excluding tert-OH is 1. The van der Waals surface area contributed by atoms with E-state index in [0.717, 1.165) is 11.0 Å².